The molecule has 1 aliphatic rings. The van der Waals surface area contributed by atoms with Crippen LogP contribution < -0.4 is 0 Å². The fraction of sp³-hybridized carbons (Fsp3) is 0.200. The first kappa shape index (κ1) is 16.0. The minimum Gasteiger partial charge on any atom is -0.298 e. The molecule has 4 rings (SSSR count). The Labute approximate surface area is 150 Å². The summed E-state index contributed by atoms with van der Waals surface area (Å²) in [5, 5.41) is 0.595. The third kappa shape index (κ3) is 2.67. The Kier molecular flexibility index (Phi) is 3.92. The second kappa shape index (κ2) is 6.12. The number of aliphatic imine (C=N–C) groups is 1. The molecule has 3 nitrogen and oxygen atoms in total. The molecule has 126 valence electrons. The van der Waals surface area contributed by atoms with E-state index in [1.54, 1.807) is 12.1 Å². The minimum atomic E-state index is -0.291. The molecule has 3 aromatic rings. The third-order valence-electron chi connectivity index (χ3n) is 4.36. The summed E-state index contributed by atoms with van der Waals surface area (Å²) in [4.78, 5) is 9.27. The Morgan fingerprint density at radius 1 is 1.12 bits per heavy atom. The van der Waals surface area contributed by atoms with Crippen molar-refractivity contribution < 1.29 is 4.39 Å². The smallest absolute Gasteiger partial charge is 0.132 e. The van der Waals surface area contributed by atoms with Crippen molar-refractivity contribution in [2.24, 2.45) is 4.99 Å². The quantitative estimate of drug-likeness (QED) is 0.627. The Hall–Kier alpha value is -2.46. The first-order valence-electron chi connectivity index (χ1n) is 8.22. The van der Waals surface area contributed by atoms with Gasteiger partial charge in [0.15, 0.2) is 0 Å². The molecule has 0 unspecified atom stereocenters. The predicted octanol–water partition coefficient (Wildman–Crippen LogP) is 5.14. The summed E-state index contributed by atoms with van der Waals surface area (Å²) >= 11 is 6.25. The number of fused-ring (bicyclic) bond motifs is 3. The highest BCUT2D eigenvalue weighted by molar-refractivity contribution is 6.31. The van der Waals surface area contributed by atoms with Gasteiger partial charge in [-0.15, -0.1) is 0 Å². The second-order valence-electron chi connectivity index (χ2n) is 6.40. The van der Waals surface area contributed by atoms with Crippen molar-refractivity contribution in [2.75, 3.05) is 0 Å². The van der Waals surface area contributed by atoms with Crippen molar-refractivity contribution in [3.8, 4) is 5.69 Å². The molecule has 0 saturated heterocycles. The van der Waals surface area contributed by atoms with Crippen LogP contribution in [-0.4, -0.2) is 15.3 Å². The summed E-state index contributed by atoms with van der Waals surface area (Å²) in [6.07, 6.45) is 1.85. The fourth-order valence-electron chi connectivity index (χ4n) is 3.22. The summed E-state index contributed by atoms with van der Waals surface area (Å²) in [6, 6.07) is 12.3. The third-order valence-corrected chi connectivity index (χ3v) is 4.60. The highest BCUT2D eigenvalue weighted by atomic mass is 35.5. The molecular weight excluding hydrogens is 337 g/mol. The number of benzene rings is 2. The molecule has 1 aliphatic heterocycles. The van der Waals surface area contributed by atoms with E-state index in [0.29, 0.717) is 22.8 Å². The monoisotopic (exact) mass is 353 g/mol. The lowest BCUT2D eigenvalue weighted by atomic mass is 9.99. The highest BCUT2D eigenvalue weighted by Gasteiger charge is 2.24. The van der Waals surface area contributed by atoms with Crippen LogP contribution in [0.15, 0.2) is 53.7 Å². The van der Waals surface area contributed by atoms with E-state index in [0.717, 1.165) is 22.8 Å². The van der Waals surface area contributed by atoms with Gasteiger partial charge in [0.1, 0.15) is 11.6 Å². The van der Waals surface area contributed by atoms with Gasteiger partial charge in [-0.2, -0.15) is 0 Å². The molecule has 5 heteroatoms. The predicted molar refractivity (Wildman–Crippen MR) is 98.4 cm³/mol. The van der Waals surface area contributed by atoms with Crippen LogP contribution in [0.3, 0.4) is 0 Å². The number of nitrogens with zero attached hydrogens (tertiary/aromatic N) is 3. The SMILES string of the molecule is CC(C)c1ncc2n1-c1ccc(Cl)cc1C(c1ccccc1F)=NC2. The van der Waals surface area contributed by atoms with E-state index in [2.05, 4.69) is 23.4 Å². The van der Waals surface area contributed by atoms with Crippen LogP contribution in [-0.2, 0) is 6.54 Å². The number of aromatic nitrogens is 2. The Balaban J connectivity index is 2.01. The van der Waals surface area contributed by atoms with Crippen LogP contribution in [0.25, 0.3) is 5.69 Å². The van der Waals surface area contributed by atoms with Gasteiger partial charge in [0, 0.05) is 22.1 Å². The second-order valence-corrected chi connectivity index (χ2v) is 6.84. The number of hydrogen-bond acceptors (Lipinski definition) is 2. The zero-order valence-electron chi connectivity index (χ0n) is 14.0. The molecule has 0 N–H and O–H groups in total. The molecule has 0 spiro atoms. The topological polar surface area (TPSA) is 30.2 Å². The van der Waals surface area contributed by atoms with Crippen LogP contribution in [0.2, 0.25) is 5.02 Å². The van der Waals surface area contributed by atoms with Gasteiger partial charge < -0.3 is 0 Å². The molecule has 0 amide bonds. The summed E-state index contributed by atoms with van der Waals surface area (Å²) in [5.74, 6) is 0.928. The fourth-order valence-corrected chi connectivity index (χ4v) is 3.39. The zero-order valence-corrected chi connectivity index (χ0v) is 14.8. The summed E-state index contributed by atoms with van der Waals surface area (Å²) in [6.45, 7) is 4.65. The molecule has 2 heterocycles. The van der Waals surface area contributed by atoms with Gasteiger partial charge in [-0.3, -0.25) is 9.56 Å². The molecule has 1 aromatic heterocycles. The normalized spacial score (nSPS) is 13.2. The van der Waals surface area contributed by atoms with Gasteiger partial charge >= 0.3 is 0 Å². The van der Waals surface area contributed by atoms with Crippen molar-refractivity contribution >= 4 is 17.3 Å². The molecule has 0 bridgehead atoms. The van der Waals surface area contributed by atoms with E-state index in [1.165, 1.54) is 6.07 Å². The number of hydrogen-bond donors (Lipinski definition) is 0. The maximum Gasteiger partial charge on any atom is 0.132 e. The van der Waals surface area contributed by atoms with Gasteiger partial charge in [-0.1, -0.05) is 37.6 Å². The van der Waals surface area contributed by atoms with Crippen LogP contribution in [0, 0.1) is 5.82 Å². The maximum atomic E-state index is 14.4. The molecule has 0 radical (unpaired) electrons. The molecular formula is C20H17ClFN3. The Bertz CT molecular complexity index is 988. The average Bonchev–Trinajstić information content (AvgIpc) is 2.94. The number of halogens is 2. The van der Waals surface area contributed by atoms with Crippen LogP contribution in [0.5, 0.6) is 0 Å². The Morgan fingerprint density at radius 2 is 1.92 bits per heavy atom. The van der Waals surface area contributed by atoms with Crippen LogP contribution >= 0.6 is 11.6 Å². The molecule has 0 fully saturated rings. The minimum absolute atomic E-state index is 0.257. The van der Waals surface area contributed by atoms with Crippen molar-refractivity contribution in [1.82, 2.24) is 9.55 Å². The summed E-state index contributed by atoms with van der Waals surface area (Å²) < 4.78 is 16.5. The molecule has 0 saturated carbocycles. The summed E-state index contributed by atoms with van der Waals surface area (Å²) in [7, 11) is 0. The first-order chi connectivity index (χ1) is 12.1. The first-order valence-corrected chi connectivity index (χ1v) is 8.60. The van der Waals surface area contributed by atoms with Crippen molar-refractivity contribution in [2.45, 2.75) is 26.3 Å². The molecule has 25 heavy (non-hydrogen) atoms. The van der Waals surface area contributed by atoms with E-state index < -0.39 is 0 Å². The maximum absolute atomic E-state index is 14.4. The zero-order chi connectivity index (χ0) is 17.6. The van der Waals surface area contributed by atoms with E-state index in [1.807, 2.05) is 30.5 Å². The van der Waals surface area contributed by atoms with E-state index >= 15 is 0 Å². The average molecular weight is 354 g/mol. The number of imidazole rings is 1. The van der Waals surface area contributed by atoms with Crippen LogP contribution in [0.1, 0.15) is 42.4 Å². The van der Waals surface area contributed by atoms with E-state index in [-0.39, 0.29) is 11.7 Å². The number of rotatable bonds is 2. The standard InChI is InChI=1S/C20H17ClFN3/c1-12(2)20-24-11-14-10-23-19(15-5-3-4-6-17(15)22)16-9-13(21)7-8-18(16)25(14)20/h3-9,11-12H,10H2,1-2H3. The Morgan fingerprint density at radius 3 is 2.68 bits per heavy atom. The van der Waals surface area contributed by atoms with Gasteiger partial charge in [-0.05, 0) is 30.3 Å². The van der Waals surface area contributed by atoms with E-state index in [4.69, 9.17) is 16.6 Å². The molecule has 0 aliphatic carbocycles. The highest BCUT2D eigenvalue weighted by Crippen LogP contribution is 2.31. The van der Waals surface area contributed by atoms with Crippen molar-refractivity contribution in [3.05, 3.63) is 82.1 Å². The van der Waals surface area contributed by atoms with Crippen molar-refractivity contribution in [1.29, 1.82) is 0 Å². The lowest BCUT2D eigenvalue weighted by molar-refractivity contribution is 0.625. The van der Waals surface area contributed by atoms with E-state index in [9.17, 15) is 4.39 Å². The largest absolute Gasteiger partial charge is 0.298 e. The van der Waals surface area contributed by atoms with Crippen LogP contribution in [0.4, 0.5) is 4.39 Å². The van der Waals surface area contributed by atoms with Gasteiger partial charge in [0.2, 0.25) is 0 Å². The van der Waals surface area contributed by atoms with Gasteiger partial charge in [0.25, 0.3) is 0 Å². The van der Waals surface area contributed by atoms with Gasteiger partial charge in [0.05, 0.1) is 29.8 Å². The summed E-state index contributed by atoms with van der Waals surface area (Å²) in [5.41, 5.74) is 3.83. The van der Waals surface area contributed by atoms with Crippen molar-refractivity contribution in [3.63, 3.8) is 0 Å². The molecule has 2 aromatic carbocycles. The lowest BCUT2D eigenvalue weighted by Crippen LogP contribution is -2.11. The lowest BCUT2D eigenvalue weighted by Gasteiger charge is -2.16. The van der Waals surface area contributed by atoms with Gasteiger partial charge in [-0.25, -0.2) is 9.37 Å². The molecule has 0 atom stereocenters.